The van der Waals surface area contributed by atoms with Crippen molar-refractivity contribution in [2.24, 2.45) is 5.73 Å². The summed E-state index contributed by atoms with van der Waals surface area (Å²) in [6.45, 7) is 2.74. The largest absolute Gasteiger partial charge is 0.458 e. The minimum atomic E-state index is -0.510. The van der Waals surface area contributed by atoms with Crippen molar-refractivity contribution in [3.63, 3.8) is 0 Å². The molecule has 2 N–H and O–H groups in total. The van der Waals surface area contributed by atoms with Crippen LogP contribution in [0.5, 0.6) is 0 Å². The van der Waals surface area contributed by atoms with Gasteiger partial charge in [-0.25, -0.2) is 4.79 Å². The van der Waals surface area contributed by atoms with E-state index in [2.05, 4.69) is 10.3 Å². The van der Waals surface area contributed by atoms with Crippen LogP contribution in [-0.4, -0.2) is 61.0 Å². The molecule has 0 spiro atoms. The van der Waals surface area contributed by atoms with Crippen molar-refractivity contribution in [3.8, 4) is 0 Å². The second-order valence-corrected chi connectivity index (χ2v) is 3.75. The Morgan fingerprint density at radius 2 is 2.21 bits per heavy atom. The minimum absolute atomic E-state index is 0.174. The van der Waals surface area contributed by atoms with Crippen LogP contribution in [-0.2, 0) is 20.8 Å². The van der Waals surface area contributed by atoms with Gasteiger partial charge in [-0.3, -0.25) is 4.68 Å². The molecule has 8 nitrogen and oxygen atoms in total. The van der Waals surface area contributed by atoms with Crippen LogP contribution in [0.4, 0.5) is 0 Å². The van der Waals surface area contributed by atoms with E-state index in [4.69, 9.17) is 19.9 Å². The average Bonchev–Trinajstić information content (AvgIpc) is 2.87. The smallest absolute Gasteiger partial charge is 0.360 e. The monoisotopic (exact) mass is 272 g/mol. The van der Waals surface area contributed by atoms with Gasteiger partial charge in [-0.15, -0.1) is 5.10 Å². The maximum atomic E-state index is 11.6. The molecule has 0 bridgehead atoms. The Labute approximate surface area is 111 Å². The molecule has 0 aliphatic rings. The number of aromatic nitrogens is 3. The number of ether oxygens (including phenoxy) is 3. The predicted octanol–water partition coefficient (Wildman–Crippen LogP) is -0.553. The third-order valence-electron chi connectivity index (χ3n) is 2.20. The molecule has 0 aromatic carbocycles. The SMILES string of the molecule is COCCCOCCOC(=O)c1cn(CCN)nn1. The van der Waals surface area contributed by atoms with Crippen LogP contribution in [0, 0.1) is 0 Å². The fraction of sp³-hybridized carbons (Fsp3) is 0.727. The lowest BCUT2D eigenvalue weighted by Gasteiger charge is -2.04. The van der Waals surface area contributed by atoms with Crippen molar-refractivity contribution in [2.45, 2.75) is 13.0 Å². The van der Waals surface area contributed by atoms with E-state index in [-0.39, 0.29) is 12.3 Å². The van der Waals surface area contributed by atoms with Gasteiger partial charge in [0, 0.05) is 26.9 Å². The van der Waals surface area contributed by atoms with Crippen molar-refractivity contribution < 1.29 is 19.0 Å². The molecule has 1 aromatic rings. The molecule has 0 saturated carbocycles. The second kappa shape index (κ2) is 9.42. The normalized spacial score (nSPS) is 10.6. The Balaban J connectivity index is 2.13. The molecular formula is C11H20N4O4. The third-order valence-corrected chi connectivity index (χ3v) is 2.20. The first-order valence-corrected chi connectivity index (χ1v) is 6.12. The number of rotatable bonds is 10. The lowest BCUT2D eigenvalue weighted by atomic mass is 10.5. The molecule has 0 amide bonds. The molecule has 108 valence electrons. The number of carbonyl (C=O) groups excluding carboxylic acids is 1. The first kappa shape index (κ1) is 15.5. The number of methoxy groups -OCH3 is 1. The molecule has 0 aliphatic heterocycles. The van der Waals surface area contributed by atoms with Gasteiger partial charge in [0.1, 0.15) is 6.61 Å². The standard InChI is InChI=1S/C11H20N4O4/c1-17-5-2-6-18-7-8-19-11(16)10-9-15(4-3-12)14-13-10/h9H,2-8,12H2,1H3. The molecule has 8 heteroatoms. The van der Waals surface area contributed by atoms with Gasteiger partial charge in [0.15, 0.2) is 5.69 Å². The van der Waals surface area contributed by atoms with Crippen LogP contribution in [0.15, 0.2) is 6.20 Å². The van der Waals surface area contributed by atoms with Crippen molar-refractivity contribution in [3.05, 3.63) is 11.9 Å². The molecule has 0 aliphatic carbocycles. The van der Waals surface area contributed by atoms with Crippen LogP contribution in [0.25, 0.3) is 0 Å². The third kappa shape index (κ3) is 6.27. The molecular weight excluding hydrogens is 252 g/mol. The average molecular weight is 272 g/mol. The predicted molar refractivity (Wildman–Crippen MR) is 66.7 cm³/mol. The summed E-state index contributed by atoms with van der Waals surface area (Å²) >= 11 is 0. The number of esters is 1. The van der Waals surface area contributed by atoms with Gasteiger partial charge in [-0.1, -0.05) is 5.21 Å². The van der Waals surface area contributed by atoms with Crippen LogP contribution in [0.3, 0.4) is 0 Å². The molecule has 1 rings (SSSR count). The Morgan fingerprint density at radius 1 is 1.37 bits per heavy atom. The molecule has 0 unspecified atom stereocenters. The van der Waals surface area contributed by atoms with Crippen LogP contribution < -0.4 is 5.73 Å². The summed E-state index contributed by atoms with van der Waals surface area (Å²) in [5, 5.41) is 7.45. The summed E-state index contributed by atoms with van der Waals surface area (Å²) in [5.41, 5.74) is 5.54. The Kier molecular flexibility index (Phi) is 7.71. The highest BCUT2D eigenvalue weighted by Gasteiger charge is 2.11. The summed E-state index contributed by atoms with van der Waals surface area (Å²) < 4.78 is 16.6. The van der Waals surface area contributed by atoms with Gasteiger partial charge < -0.3 is 19.9 Å². The summed E-state index contributed by atoms with van der Waals surface area (Å²) in [6, 6.07) is 0. The Bertz CT molecular complexity index is 369. The van der Waals surface area contributed by atoms with Gasteiger partial charge in [0.25, 0.3) is 0 Å². The van der Waals surface area contributed by atoms with E-state index in [1.165, 1.54) is 10.9 Å². The van der Waals surface area contributed by atoms with Gasteiger partial charge in [-0.05, 0) is 6.42 Å². The lowest BCUT2D eigenvalue weighted by molar-refractivity contribution is 0.0282. The quantitative estimate of drug-likeness (QED) is 0.450. The molecule has 1 heterocycles. The fourth-order valence-corrected chi connectivity index (χ4v) is 1.31. The summed E-state index contributed by atoms with van der Waals surface area (Å²) in [5.74, 6) is -0.510. The van der Waals surface area contributed by atoms with E-state index in [0.717, 1.165) is 6.42 Å². The molecule has 0 fully saturated rings. The second-order valence-electron chi connectivity index (χ2n) is 3.75. The highest BCUT2D eigenvalue weighted by Crippen LogP contribution is 1.96. The number of nitrogens with zero attached hydrogens (tertiary/aromatic N) is 3. The van der Waals surface area contributed by atoms with Crippen molar-refractivity contribution >= 4 is 5.97 Å². The molecule has 0 radical (unpaired) electrons. The van der Waals surface area contributed by atoms with Crippen molar-refractivity contribution in [2.75, 3.05) is 40.1 Å². The zero-order chi connectivity index (χ0) is 13.9. The molecule has 19 heavy (non-hydrogen) atoms. The van der Waals surface area contributed by atoms with E-state index in [9.17, 15) is 4.79 Å². The Hall–Kier alpha value is -1.51. The highest BCUT2D eigenvalue weighted by molar-refractivity contribution is 5.86. The first-order valence-electron chi connectivity index (χ1n) is 6.12. The number of nitrogens with two attached hydrogens (primary N) is 1. The number of carbonyl (C=O) groups is 1. The zero-order valence-electron chi connectivity index (χ0n) is 11.1. The van der Waals surface area contributed by atoms with Gasteiger partial charge >= 0.3 is 5.97 Å². The van der Waals surface area contributed by atoms with Gasteiger partial charge in [0.05, 0.1) is 19.3 Å². The topological polar surface area (TPSA) is 101 Å². The van der Waals surface area contributed by atoms with Gasteiger partial charge in [-0.2, -0.15) is 0 Å². The summed E-state index contributed by atoms with van der Waals surface area (Å²) in [4.78, 5) is 11.6. The van der Waals surface area contributed by atoms with Crippen LogP contribution >= 0.6 is 0 Å². The van der Waals surface area contributed by atoms with Crippen LogP contribution in [0.2, 0.25) is 0 Å². The van der Waals surface area contributed by atoms with E-state index in [0.29, 0.717) is 32.9 Å². The van der Waals surface area contributed by atoms with E-state index < -0.39 is 5.97 Å². The molecule has 0 atom stereocenters. The summed E-state index contributed by atoms with van der Waals surface area (Å²) in [7, 11) is 1.64. The highest BCUT2D eigenvalue weighted by atomic mass is 16.6. The van der Waals surface area contributed by atoms with Gasteiger partial charge in [0.2, 0.25) is 0 Å². The van der Waals surface area contributed by atoms with E-state index in [1.807, 2.05) is 0 Å². The fourth-order valence-electron chi connectivity index (χ4n) is 1.31. The zero-order valence-corrected chi connectivity index (χ0v) is 11.1. The molecule has 1 aromatic heterocycles. The lowest BCUT2D eigenvalue weighted by Crippen LogP contribution is -2.12. The van der Waals surface area contributed by atoms with Crippen molar-refractivity contribution in [1.29, 1.82) is 0 Å². The Morgan fingerprint density at radius 3 is 2.95 bits per heavy atom. The number of hydrogen-bond acceptors (Lipinski definition) is 7. The van der Waals surface area contributed by atoms with Crippen molar-refractivity contribution in [1.82, 2.24) is 15.0 Å². The van der Waals surface area contributed by atoms with E-state index in [1.54, 1.807) is 7.11 Å². The first-order chi connectivity index (χ1) is 9.27. The van der Waals surface area contributed by atoms with Crippen LogP contribution in [0.1, 0.15) is 16.9 Å². The minimum Gasteiger partial charge on any atom is -0.458 e. The molecule has 0 saturated heterocycles. The summed E-state index contributed by atoms with van der Waals surface area (Å²) in [6.07, 6.45) is 2.33. The maximum Gasteiger partial charge on any atom is 0.360 e. The van der Waals surface area contributed by atoms with E-state index >= 15 is 0 Å². The number of hydrogen-bond donors (Lipinski definition) is 1. The maximum absolute atomic E-state index is 11.6.